The zero-order chi connectivity index (χ0) is 18.5. The van der Waals surface area contributed by atoms with Crippen LogP contribution in [0.1, 0.15) is 5.69 Å². The predicted octanol–water partition coefficient (Wildman–Crippen LogP) is 2.34. The van der Waals surface area contributed by atoms with E-state index in [0.29, 0.717) is 50.2 Å². The molecular formula is C19H20FN7. The van der Waals surface area contributed by atoms with Crippen LogP contribution in [0.4, 0.5) is 21.8 Å². The van der Waals surface area contributed by atoms with Crippen LogP contribution in [-0.2, 0) is 6.54 Å². The van der Waals surface area contributed by atoms with Crippen LogP contribution in [0, 0.1) is 5.82 Å². The van der Waals surface area contributed by atoms with E-state index in [1.807, 2.05) is 35.2 Å². The highest BCUT2D eigenvalue weighted by atomic mass is 19.1. The van der Waals surface area contributed by atoms with Gasteiger partial charge in [0.1, 0.15) is 5.82 Å². The first-order valence-electron chi connectivity index (χ1n) is 8.87. The lowest BCUT2D eigenvalue weighted by molar-refractivity contribution is 0.592. The van der Waals surface area contributed by atoms with Crippen LogP contribution in [-0.4, -0.2) is 46.3 Å². The summed E-state index contributed by atoms with van der Waals surface area (Å²) >= 11 is 0. The van der Waals surface area contributed by atoms with Gasteiger partial charge in [0, 0.05) is 32.4 Å². The molecule has 27 heavy (non-hydrogen) atoms. The van der Waals surface area contributed by atoms with E-state index in [1.165, 1.54) is 6.07 Å². The van der Waals surface area contributed by atoms with E-state index in [0.717, 1.165) is 5.69 Å². The predicted molar refractivity (Wildman–Crippen MR) is 102 cm³/mol. The van der Waals surface area contributed by atoms with Crippen LogP contribution >= 0.6 is 0 Å². The fraction of sp³-hybridized carbons (Fsp3) is 0.263. The molecule has 0 bridgehead atoms. The largest absolute Gasteiger partial charge is 0.366 e. The normalized spacial score (nSPS) is 14.3. The second-order valence-electron chi connectivity index (χ2n) is 6.24. The number of piperazine rings is 1. The number of aromatic nitrogens is 4. The molecule has 0 aliphatic carbocycles. The molecule has 0 spiro atoms. The van der Waals surface area contributed by atoms with Crippen LogP contribution in [0.2, 0.25) is 0 Å². The first-order chi connectivity index (χ1) is 13.3. The van der Waals surface area contributed by atoms with Crippen molar-refractivity contribution in [1.29, 1.82) is 0 Å². The Kier molecular flexibility index (Phi) is 5.04. The highest BCUT2D eigenvalue weighted by Gasteiger charge is 2.21. The van der Waals surface area contributed by atoms with Crippen molar-refractivity contribution in [1.82, 2.24) is 20.2 Å². The van der Waals surface area contributed by atoms with Gasteiger partial charge in [0.05, 0.1) is 24.1 Å². The molecule has 3 heterocycles. The third-order valence-corrected chi connectivity index (χ3v) is 4.48. The van der Waals surface area contributed by atoms with Crippen molar-refractivity contribution in [2.45, 2.75) is 6.54 Å². The molecule has 138 valence electrons. The van der Waals surface area contributed by atoms with Gasteiger partial charge in [-0.25, -0.2) is 4.39 Å². The van der Waals surface area contributed by atoms with E-state index in [9.17, 15) is 4.39 Å². The molecule has 0 atom stereocenters. The Hall–Kier alpha value is -3.29. The summed E-state index contributed by atoms with van der Waals surface area (Å²) in [4.78, 5) is 12.9. The second-order valence-corrected chi connectivity index (χ2v) is 6.24. The number of hydrogen-bond donors (Lipinski definition) is 1. The molecule has 7 nitrogen and oxygen atoms in total. The quantitative estimate of drug-likeness (QED) is 0.744. The summed E-state index contributed by atoms with van der Waals surface area (Å²) in [6.07, 6.45) is 3.36. The highest BCUT2D eigenvalue weighted by Crippen LogP contribution is 2.21. The number of benzene rings is 1. The Labute approximate surface area is 156 Å². The number of pyridine rings is 1. The van der Waals surface area contributed by atoms with Crippen LogP contribution in [0.5, 0.6) is 0 Å². The molecule has 1 aliphatic heterocycles. The van der Waals surface area contributed by atoms with Crippen molar-refractivity contribution in [2.24, 2.45) is 0 Å². The molecular weight excluding hydrogens is 345 g/mol. The van der Waals surface area contributed by atoms with E-state index in [4.69, 9.17) is 0 Å². The molecule has 2 aromatic heterocycles. The Balaban J connectivity index is 1.38. The van der Waals surface area contributed by atoms with Crippen LogP contribution in [0.3, 0.4) is 0 Å². The molecule has 0 radical (unpaired) electrons. The van der Waals surface area contributed by atoms with E-state index in [-0.39, 0.29) is 5.82 Å². The fourth-order valence-electron chi connectivity index (χ4n) is 3.05. The molecule has 1 N–H and O–H groups in total. The van der Waals surface area contributed by atoms with Gasteiger partial charge >= 0.3 is 0 Å². The molecule has 0 unspecified atom stereocenters. The van der Waals surface area contributed by atoms with Crippen molar-refractivity contribution in [3.05, 3.63) is 66.4 Å². The van der Waals surface area contributed by atoms with Gasteiger partial charge in [-0.2, -0.15) is 10.1 Å². The monoisotopic (exact) mass is 365 g/mol. The molecule has 1 aliphatic rings. The van der Waals surface area contributed by atoms with Crippen LogP contribution in [0.15, 0.2) is 54.9 Å². The molecule has 1 fully saturated rings. The number of rotatable bonds is 5. The van der Waals surface area contributed by atoms with Gasteiger partial charge in [-0.05, 0) is 24.3 Å². The molecule has 4 rings (SSSR count). The number of para-hydroxylation sites is 1. The maximum Gasteiger partial charge on any atom is 0.247 e. The summed E-state index contributed by atoms with van der Waals surface area (Å²) in [6.45, 7) is 3.39. The van der Waals surface area contributed by atoms with Gasteiger partial charge in [-0.1, -0.05) is 18.2 Å². The lowest BCUT2D eigenvalue weighted by Crippen LogP contribution is -2.47. The van der Waals surface area contributed by atoms with Gasteiger partial charge in [0.2, 0.25) is 5.95 Å². The lowest BCUT2D eigenvalue weighted by Gasteiger charge is -2.36. The molecule has 1 saturated heterocycles. The summed E-state index contributed by atoms with van der Waals surface area (Å²) in [5.74, 6) is 1.04. The van der Waals surface area contributed by atoms with Crippen LogP contribution in [0.25, 0.3) is 0 Å². The number of anilines is 3. The van der Waals surface area contributed by atoms with Crippen LogP contribution < -0.4 is 15.1 Å². The minimum atomic E-state index is -0.190. The number of halogens is 1. The SMILES string of the molecule is Fc1ccccc1N1CCN(c2nncc(NCc3ccccn3)n2)CC1. The minimum Gasteiger partial charge on any atom is -0.366 e. The summed E-state index contributed by atoms with van der Waals surface area (Å²) in [6, 6.07) is 12.6. The number of hydrogen-bond acceptors (Lipinski definition) is 7. The Bertz CT molecular complexity index is 882. The molecule has 0 amide bonds. The molecule has 8 heteroatoms. The first kappa shape index (κ1) is 17.1. The van der Waals surface area contributed by atoms with E-state index in [2.05, 4.69) is 30.4 Å². The average molecular weight is 365 g/mol. The summed E-state index contributed by atoms with van der Waals surface area (Å²) in [5.41, 5.74) is 1.57. The fourth-order valence-corrected chi connectivity index (χ4v) is 3.05. The summed E-state index contributed by atoms with van der Waals surface area (Å²) in [7, 11) is 0. The van der Waals surface area contributed by atoms with Crippen molar-refractivity contribution in [3.8, 4) is 0 Å². The van der Waals surface area contributed by atoms with Gasteiger partial charge in [0.25, 0.3) is 0 Å². The van der Waals surface area contributed by atoms with Gasteiger partial charge in [-0.3, -0.25) is 4.98 Å². The van der Waals surface area contributed by atoms with Crippen molar-refractivity contribution >= 4 is 17.5 Å². The lowest BCUT2D eigenvalue weighted by atomic mass is 10.2. The zero-order valence-electron chi connectivity index (χ0n) is 14.8. The van der Waals surface area contributed by atoms with Crippen molar-refractivity contribution < 1.29 is 4.39 Å². The van der Waals surface area contributed by atoms with E-state index >= 15 is 0 Å². The first-order valence-corrected chi connectivity index (χ1v) is 8.87. The van der Waals surface area contributed by atoms with Crippen molar-refractivity contribution in [2.75, 3.05) is 41.3 Å². The Morgan fingerprint density at radius 2 is 1.74 bits per heavy atom. The Morgan fingerprint density at radius 3 is 2.52 bits per heavy atom. The maximum absolute atomic E-state index is 14.0. The topological polar surface area (TPSA) is 70.1 Å². The smallest absolute Gasteiger partial charge is 0.247 e. The van der Waals surface area contributed by atoms with Crippen molar-refractivity contribution in [3.63, 3.8) is 0 Å². The standard InChI is InChI=1S/C19H20FN7/c20-16-6-1-2-7-17(16)26-9-11-27(12-10-26)19-24-18(14-23-25-19)22-13-15-5-3-4-8-21-15/h1-8,14H,9-13H2,(H,22,24,25). The summed E-state index contributed by atoms with van der Waals surface area (Å²) < 4.78 is 14.0. The summed E-state index contributed by atoms with van der Waals surface area (Å²) in [5, 5.41) is 11.4. The highest BCUT2D eigenvalue weighted by molar-refractivity contribution is 5.50. The zero-order valence-corrected chi connectivity index (χ0v) is 14.8. The van der Waals surface area contributed by atoms with Gasteiger partial charge < -0.3 is 15.1 Å². The third-order valence-electron chi connectivity index (χ3n) is 4.48. The van der Waals surface area contributed by atoms with E-state index < -0.39 is 0 Å². The Morgan fingerprint density at radius 1 is 0.963 bits per heavy atom. The van der Waals surface area contributed by atoms with Gasteiger partial charge in [0.15, 0.2) is 5.82 Å². The van der Waals surface area contributed by atoms with E-state index in [1.54, 1.807) is 18.5 Å². The minimum absolute atomic E-state index is 0.190. The van der Waals surface area contributed by atoms with Gasteiger partial charge in [-0.15, -0.1) is 5.10 Å². The number of nitrogens with zero attached hydrogens (tertiary/aromatic N) is 6. The maximum atomic E-state index is 14.0. The average Bonchev–Trinajstić information content (AvgIpc) is 2.74. The molecule has 3 aromatic rings. The second kappa shape index (κ2) is 7.94. The molecule has 1 aromatic carbocycles. The molecule has 0 saturated carbocycles. The number of nitrogens with one attached hydrogen (secondary N) is 1. The third kappa shape index (κ3) is 4.11.